The molecule has 5 nitrogen and oxygen atoms in total. The maximum Gasteiger partial charge on any atom is 0.315 e. The summed E-state index contributed by atoms with van der Waals surface area (Å²) in [6.07, 6.45) is 4.51. The van der Waals surface area contributed by atoms with Gasteiger partial charge < -0.3 is 15.1 Å². The number of hydrogen-bond donors (Lipinski definition) is 2. The first-order valence-corrected chi connectivity index (χ1v) is 8.26. The van der Waals surface area contributed by atoms with Crippen LogP contribution in [0.4, 0.5) is 4.79 Å². The average Bonchev–Trinajstić information content (AvgIpc) is 3.15. The highest BCUT2D eigenvalue weighted by Crippen LogP contribution is 2.24. The fourth-order valence-electron chi connectivity index (χ4n) is 2.81. The number of benzene rings is 1. The zero-order valence-corrected chi connectivity index (χ0v) is 13.8. The number of nitrogens with one attached hydrogen (secondary N) is 2. The van der Waals surface area contributed by atoms with Crippen molar-refractivity contribution < 1.29 is 9.21 Å². The summed E-state index contributed by atoms with van der Waals surface area (Å²) in [6.45, 7) is 2.18. The molecule has 2 aromatic rings. The number of halogens is 1. The van der Waals surface area contributed by atoms with Crippen LogP contribution in [0.15, 0.2) is 28.7 Å². The third-order valence-electron chi connectivity index (χ3n) is 4.07. The Morgan fingerprint density at radius 3 is 2.91 bits per heavy atom. The summed E-state index contributed by atoms with van der Waals surface area (Å²) in [5, 5.41) is 6.47. The van der Waals surface area contributed by atoms with Gasteiger partial charge in [0.2, 0.25) is 5.89 Å². The van der Waals surface area contributed by atoms with Crippen LogP contribution in [0.3, 0.4) is 0 Å². The lowest BCUT2D eigenvalue weighted by Gasteiger charge is -2.12. The molecule has 0 radical (unpaired) electrons. The van der Waals surface area contributed by atoms with E-state index in [4.69, 9.17) is 16.0 Å². The summed E-state index contributed by atoms with van der Waals surface area (Å²) in [5.41, 5.74) is 1.55. The summed E-state index contributed by atoms with van der Waals surface area (Å²) in [4.78, 5) is 16.4. The Balaban J connectivity index is 1.61. The van der Waals surface area contributed by atoms with Crippen molar-refractivity contribution >= 4 is 17.6 Å². The van der Waals surface area contributed by atoms with Gasteiger partial charge in [-0.1, -0.05) is 30.5 Å². The van der Waals surface area contributed by atoms with Crippen LogP contribution in [0.1, 0.15) is 37.1 Å². The van der Waals surface area contributed by atoms with Gasteiger partial charge in [-0.25, -0.2) is 9.78 Å². The predicted octanol–water partition coefficient (Wildman–Crippen LogP) is 4.05. The van der Waals surface area contributed by atoms with Crippen LogP contribution in [-0.2, 0) is 6.54 Å². The second kappa shape index (κ2) is 7.04. The summed E-state index contributed by atoms with van der Waals surface area (Å²) in [6, 6.07) is 7.50. The molecule has 1 fully saturated rings. The largest absolute Gasteiger partial charge is 0.441 e. The zero-order valence-electron chi connectivity index (χ0n) is 13.1. The molecule has 1 aliphatic carbocycles. The Kier molecular flexibility index (Phi) is 4.86. The normalized spacial score (nSPS) is 14.9. The lowest BCUT2D eigenvalue weighted by molar-refractivity contribution is 0.236. The molecular formula is C17H20ClN3O2. The molecular weight excluding hydrogens is 314 g/mol. The summed E-state index contributed by atoms with van der Waals surface area (Å²) >= 11 is 5.99. The van der Waals surface area contributed by atoms with Gasteiger partial charge in [0.15, 0.2) is 0 Å². The smallest absolute Gasteiger partial charge is 0.315 e. The fraction of sp³-hybridized carbons (Fsp3) is 0.412. The molecule has 23 heavy (non-hydrogen) atoms. The SMILES string of the molecule is Cc1oc(-c2cccc(Cl)c2)nc1CNC(=O)NC1CCCC1. The molecule has 0 bridgehead atoms. The van der Waals surface area contributed by atoms with Gasteiger partial charge in [-0.15, -0.1) is 0 Å². The third-order valence-corrected chi connectivity index (χ3v) is 4.31. The Bertz CT molecular complexity index is 693. The number of carbonyl (C=O) groups excluding carboxylic acids is 1. The lowest BCUT2D eigenvalue weighted by atomic mass is 10.2. The molecule has 6 heteroatoms. The second-order valence-corrected chi connectivity index (χ2v) is 6.28. The maximum absolute atomic E-state index is 11.9. The van der Waals surface area contributed by atoms with Crippen LogP contribution < -0.4 is 10.6 Å². The van der Waals surface area contributed by atoms with Crippen molar-refractivity contribution in [1.82, 2.24) is 15.6 Å². The van der Waals surface area contributed by atoms with Gasteiger partial charge in [0.05, 0.1) is 6.54 Å². The molecule has 1 aliphatic rings. The van der Waals surface area contributed by atoms with E-state index in [-0.39, 0.29) is 6.03 Å². The average molecular weight is 334 g/mol. The van der Waals surface area contributed by atoms with Gasteiger partial charge in [-0.05, 0) is 38.0 Å². The first-order valence-electron chi connectivity index (χ1n) is 7.88. The number of nitrogens with zero attached hydrogens (tertiary/aromatic N) is 1. The first kappa shape index (κ1) is 15.9. The van der Waals surface area contributed by atoms with E-state index in [0.717, 1.165) is 24.1 Å². The van der Waals surface area contributed by atoms with Crippen LogP contribution >= 0.6 is 11.6 Å². The van der Waals surface area contributed by atoms with Gasteiger partial charge >= 0.3 is 6.03 Å². The molecule has 0 unspecified atom stereocenters. The third kappa shape index (κ3) is 4.05. The molecule has 122 valence electrons. The first-order chi connectivity index (χ1) is 11.1. The molecule has 0 atom stereocenters. The minimum atomic E-state index is -0.149. The molecule has 2 amide bonds. The van der Waals surface area contributed by atoms with E-state index in [2.05, 4.69) is 15.6 Å². The summed E-state index contributed by atoms with van der Waals surface area (Å²) in [5.74, 6) is 1.21. The number of hydrogen-bond acceptors (Lipinski definition) is 3. The monoisotopic (exact) mass is 333 g/mol. The van der Waals surface area contributed by atoms with Crippen molar-refractivity contribution in [1.29, 1.82) is 0 Å². The molecule has 0 spiro atoms. The van der Waals surface area contributed by atoms with Crippen molar-refractivity contribution in [2.45, 2.75) is 45.2 Å². The van der Waals surface area contributed by atoms with E-state index in [1.54, 1.807) is 12.1 Å². The highest BCUT2D eigenvalue weighted by atomic mass is 35.5. The van der Waals surface area contributed by atoms with Crippen molar-refractivity contribution in [2.75, 3.05) is 0 Å². The number of carbonyl (C=O) groups is 1. The zero-order chi connectivity index (χ0) is 16.2. The number of urea groups is 1. The molecule has 1 heterocycles. The standard InChI is InChI=1S/C17H20ClN3O2/c1-11-15(10-19-17(22)20-14-7-2-3-8-14)21-16(23-11)12-5-4-6-13(18)9-12/h4-6,9,14H,2-3,7-8,10H2,1H3,(H2,19,20,22). The quantitative estimate of drug-likeness (QED) is 0.887. The lowest BCUT2D eigenvalue weighted by Crippen LogP contribution is -2.40. The van der Waals surface area contributed by atoms with Crippen LogP contribution in [0.2, 0.25) is 5.02 Å². The van der Waals surface area contributed by atoms with Crippen LogP contribution in [-0.4, -0.2) is 17.1 Å². The maximum atomic E-state index is 11.9. The van der Waals surface area contributed by atoms with Crippen LogP contribution in [0, 0.1) is 6.92 Å². The van der Waals surface area contributed by atoms with E-state index in [1.807, 2.05) is 19.1 Å². The minimum Gasteiger partial charge on any atom is -0.441 e. The minimum absolute atomic E-state index is 0.149. The van der Waals surface area contributed by atoms with Crippen molar-refractivity contribution in [3.63, 3.8) is 0 Å². The van der Waals surface area contributed by atoms with E-state index < -0.39 is 0 Å². The van der Waals surface area contributed by atoms with Gasteiger partial charge in [-0.2, -0.15) is 0 Å². The number of rotatable bonds is 4. The van der Waals surface area contributed by atoms with E-state index in [9.17, 15) is 4.79 Å². The Labute approximate surface area is 140 Å². The predicted molar refractivity (Wildman–Crippen MR) is 89.3 cm³/mol. The topological polar surface area (TPSA) is 67.2 Å². The molecule has 3 rings (SSSR count). The Morgan fingerprint density at radius 2 is 2.17 bits per heavy atom. The molecule has 1 saturated carbocycles. The number of amides is 2. The van der Waals surface area contributed by atoms with E-state index >= 15 is 0 Å². The van der Waals surface area contributed by atoms with Crippen LogP contribution in [0.5, 0.6) is 0 Å². The highest BCUT2D eigenvalue weighted by molar-refractivity contribution is 6.30. The molecule has 1 aromatic heterocycles. The summed E-state index contributed by atoms with van der Waals surface area (Å²) < 4.78 is 5.68. The fourth-order valence-corrected chi connectivity index (χ4v) is 3.00. The highest BCUT2D eigenvalue weighted by Gasteiger charge is 2.17. The summed E-state index contributed by atoms with van der Waals surface area (Å²) in [7, 11) is 0. The van der Waals surface area contributed by atoms with Crippen molar-refractivity contribution in [2.24, 2.45) is 0 Å². The molecule has 1 aromatic carbocycles. The second-order valence-electron chi connectivity index (χ2n) is 5.84. The Morgan fingerprint density at radius 1 is 1.39 bits per heavy atom. The van der Waals surface area contributed by atoms with Gasteiger partial charge in [0.1, 0.15) is 11.5 Å². The van der Waals surface area contributed by atoms with Gasteiger partial charge in [-0.3, -0.25) is 0 Å². The number of aromatic nitrogens is 1. The van der Waals surface area contributed by atoms with E-state index in [1.165, 1.54) is 12.8 Å². The van der Waals surface area contributed by atoms with Gasteiger partial charge in [0.25, 0.3) is 0 Å². The molecule has 0 aliphatic heterocycles. The van der Waals surface area contributed by atoms with Crippen molar-refractivity contribution in [3.05, 3.63) is 40.7 Å². The number of aryl methyl sites for hydroxylation is 1. The Hall–Kier alpha value is -2.01. The molecule has 2 N–H and O–H groups in total. The molecule has 0 saturated heterocycles. The van der Waals surface area contributed by atoms with E-state index in [0.29, 0.717) is 29.3 Å². The van der Waals surface area contributed by atoms with Crippen LogP contribution in [0.25, 0.3) is 11.5 Å². The number of oxazole rings is 1. The van der Waals surface area contributed by atoms with Gasteiger partial charge in [0, 0.05) is 16.6 Å². The van der Waals surface area contributed by atoms with Crippen molar-refractivity contribution in [3.8, 4) is 11.5 Å².